The second-order valence-electron chi connectivity index (χ2n) is 6.75. The van der Waals surface area contributed by atoms with Crippen molar-refractivity contribution in [1.29, 1.82) is 0 Å². The summed E-state index contributed by atoms with van der Waals surface area (Å²) in [6.07, 6.45) is 4.73. The van der Waals surface area contributed by atoms with E-state index in [0.29, 0.717) is 25.2 Å². The van der Waals surface area contributed by atoms with Gasteiger partial charge in [0.25, 0.3) is 0 Å². The Bertz CT molecular complexity index is 550. The van der Waals surface area contributed by atoms with Gasteiger partial charge in [-0.25, -0.2) is 4.79 Å². The summed E-state index contributed by atoms with van der Waals surface area (Å²) in [5.41, 5.74) is 1.07. The minimum atomic E-state index is -0.862. The average molecular weight is 348 g/mol. The van der Waals surface area contributed by atoms with Crippen molar-refractivity contribution in [3.8, 4) is 0 Å². The van der Waals surface area contributed by atoms with Crippen LogP contribution in [-0.4, -0.2) is 40.9 Å². The fourth-order valence-corrected chi connectivity index (χ4v) is 3.56. The second-order valence-corrected chi connectivity index (χ2v) is 6.75. The van der Waals surface area contributed by atoms with E-state index in [1.54, 1.807) is 0 Å². The Labute approximate surface area is 148 Å². The zero-order chi connectivity index (χ0) is 18.1. The van der Waals surface area contributed by atoms with E-state index in [-0.39, 0.29) is 31.1 Å². The first-order chi connectivity index (χ1) is 12.1. The first-order valence-corrected chi connectivity index (χ1v) is 9.02. The monoisotopic (exact) mass is 348 g/mol. The van der Waals surface area contributed by atoms with Crippen molar-refractivity contribution in [2.75, 3.05) is 6.61 Å². The summed E-state index contributed by atoms with van der Waals surface area (Å²) in [6.45, 7) is 0.139. The molecular formula is C19H28N2O4. The minimum absolute atomic E-state index is 0.0222. The molecule has 0 bridgehead atoms. The summed E-state index contributed by atoms with van der Waals surface area (Å²) in [7, 11) is 0. The number of aliphatic carboxylic acids is 1. The van der Waals surface area contributed by atoms with Crippen LogP contribution in [0.5, 0.6) is 0 Å². The van der Waals surface area contributed by atoms with E-state index in [1.807, 2.05) is 30.3 Å². The molecule has 0 spiro atoms. The highest BCUT2D eigenvalue weighted by atomic mass is 16.4. The van der Waals surface area contributed by atoms with Crippen LogP contribution >= 0.6 is 0 Å². The molecule has 1 saturated carbocycles. The van der Waals surface area contributed by atoms with Crippen LogP contribution in [0.3, 0.4) is 0 Å². The quantitative estimate of drug-likeness (QED) is 0.550. The predicted molar refractivity (Wildman–Crippen MR) is 95.3 cm³/mol. The number of carbonyl (C=O) groups is 2. The molecule has 1 aromatic carbocycles. The van der Waals surface area contributed by atoms with Crippen molar-refractivity contribution in [3.63, 3.8) is 0 Å². The molecule has 1 aliphatic carbocycles. The highest BCUT2D eigenvalue weighted by molar-refractivity contribution is 5.75. The van der Waals surface area contributed by atoms with Crippen LogP contribution in [0.4, 0.5) is 4.79 Å². The molecule has 0 aromatic heterocycles. The Kier molecular flexibility index (Phi) is 7.73. The van der Waals surface area contributed by atoms with Crippen molar-refractivity contribution in [3.05, 3.63) is 35.9 Å². The molecule has 6 heteroatoms. The van der Waals surface area contributed by atoms with Crippen LogP contribution < -0.4 is 10.6 Å². The summed E-state index contributed by atoms with van der Waals surface area (Å²) in [6, 6.07) is 9.35. The summed E-state index contributed by atoms with van der Waals surface area (Å²) in [5.74, 6) is -0.540. The number of hydrogen-bond donors (Lipinski definition) is 4. The number of rotatable bonds is 9. The molecule has 1 aromatic rings. The number of carboxylic acid groups (broad SMARTS) is 1. The van der Waals surface area contributed by atoms with E-state index in [2.05, 4.69) is 10.6 Å². The molecule has 3 atom stereocenters. The average Bonchev–Trinajstić information content (AvgIpc) is 3.01. The van der Waals surface area contributed by atoms with Gasteiger partial charge in [-0.15, -0.1) is 0 Å². The van der Waals surface area contributed by atoms with Gasteiger partial charge >= 0.3 is 12.0 Å². The number of nitrogens with one attached hydrogen (secondary N) is 2. The molecule has 2 amide bonds. The van der Waals surface area contributed by atoms with Crippen LogP contribution in [0.1, 0.15) is 44.1 Å². The van der Waals surface area contributed by atoms with Gasteiger partial charge < -0.3 is 20.8 Å². The standard InChI is InChI=1S/C19H28N2O4/c22-12-11-15-7-4-8-17(15)21-19(25)20-16(9-10-18(23)24)13-14-5-2-1-3-6-14/h1-3,5-6,15-17,22H,4,7-13H2,(H,23,24)(H2,20,21,25). The zero-order valence-corrected chi connectivity index (χ0v) is 14.5. The van der Waals surface area contributed by atoms with Crippen molar-refractivity contribution in [2.45, 2.75) is 57.0 Å². The number of hydrogen-bond acceptors (Lipinski definition) is 3. The number of aliphatic hydroxyl groups is 1. The number of aliphatic hydroxyl groups excluding tert-OH is 1. The number of amides is 2. The number of benzene rings is 1. The van der Waals surface area contributed by atoms with Gasteiger partial charge in [0, 0.05) is 25.1 Å². The normalized spacial score (nSPS) is 20.8. The van der Waals surface area contributed by atoms with Gasteiger partial charge in [0.05, 0.1) is 0 Å². The third-order valence-electron chi connectivity index (χ3n) is 4.84. The first kappa shape index (κ1) is 19.2. The summed E-state index contributed by atoms with van der Waals surface area (Å²) in [5, 5.41) is 24.0. The third-order valence-corrected chi connectivity index (χ3v) is 4.84. The van der Waals surface area contributed by atoms with Gasteiger partial charge in [0.15, 0.2) is 0 Å². The highest BCUT2D eigenvalue weighted by Gasteiger charge is 2.28. The zero-order valence-electron chi connectivity index (χ0n) is 14.5. The molecule has 0 radical (unpaired) electrons. The van der Waals surface area contributed by atoms with Crippen LogP contribution in [0.15, 0.2) is 30.3 Å². The van der Waals surface area contributed by atoms with Crippen molar-refractivity contribution in [1.82, 2.24) is 10.6 Å². The number of urea groups is 1. The van der Waals surface area contributed by atoms with Gasteiger partial charge in [-0.05, 0) is 43.6 Å². The lowest BCUT2D eigenvalue weighted by atomic mass is 10.00. The largest absolute Gasteiger partial charge is 0.481 e. The van der Waals surface area contributed by atoms with Gasteiger partial charge in [-0.2, -0.15) is 0 Å². The molecule has 4 N–H and O–H groups in total. The lowest BCUT2D eigenvalue weighted by molar-refractivity contribution is -0.137. The maximum atomic E-state index is 12.4. The van der Waals surface area contributed by atoms with Crippen LogP contribution in [0.25, 0.3) is 0 Å². The Morgan fingerprint density at radius 2 is 1.96 bits per heavy atom. The fraction of sp³-hybridized carbons (Fsp3) is 0.579. The Hall–Kier alpha value is -2.08. The van der Waals surface area contributed by atoms with Crippen molar-refractivity contribution >= 4 is 12.0 Å². The predicted octanol–water partition coefficient (Wildman–Crippen LogP) is 2.31. The summed E-state index contributed by atoms with van der Waals surface area (Å²) >= 11 is 0. The van der Waals surface area contributed by atoms with Crippen LogP contribution in [-0.2, 0) is 11.2 Å². The molecular weight excluding hydrogens is 320 g/mol. The van der Waals surface area contributed by atoms with E-state index in [0.717, 1.165) is 24.8 Å². The number of carbonyl (C=O) groups excluding carboxylic acids is 1. The molecule has 0 saturated heterocycles. The molecule has 1 fully saturated rings. The second kappa shape index (κ2) is 10.0. The molecule has 138 valence electrons. The van der Waals surface area contributed by atoms with Crippen molar-refractivity contribution < 1.29 is 19.8 Å². The van der Waals surface area contributed by atoms with Gasteiger partial charge in [0.1, 0.15) is 0 Å². The molecule has 25 heavy (non-hydrogen) atoms. The third kappa shape index (κ3) is 6.74. The smallest absolute Gasteiger partial charge is 0.315 e. The molecule has 1 aliphatic rings. The first-order valence-electron chi connectivity index (χ1n) is 9.02. The van der Waals surface area contributed by atoms with Crippen LogP contribution in [0.2, 0.25) is 0 Å². The van der Waals surface area contributed by atoms with Crippen molar-refractivity contribution in [2.24, 2.45) is 5.92 Å². The van der Waals surface area contributed by atoms with Crippen LogP contribution in [0, 0.1) is 5.92 Å². The molecule has 2 rings (SSSR count). The lowest BCUT2D eigenvalue weighted by Crippen LogP contribution is -2.48. The lowest BCUT2D eigenvalue weighted by Gasteiger charge is -2.23. The van der Waals surface area contributed by atoms with E-state index < -0.39 is 5.97 Å². The maximum Gasteiger partial charge on any atom is 0.315 e. The minimum Gasteiger partial charge on any atom is -0.481 e. The molecule has 6 nitrogen and oxygen atoms in total. The van der Waals surface area contributed by atoms with Gasteiger partial charge in [0.2, 0.25) is 0 Å². The Morgan fingerprint density at radius 1 is 1.20 bits per heavy atom. The molecule has 0 aliphatic heterocycles. The fourth-order valence-electron chi connectivity index (χ4n) is 3.56. The Morgan fingerprint density at radius 3 is 2.64 bits per heavy atom. The maximum absolute atomic E-state index is 12.4. The van der Waals surface area contributed by atoms with Gasteiger partial charge in [-0.1, -0.05) is 36.8 Å². The molecule has 3 unspecified atom stereocenters. The summed E-state index contributed by atoms with van der Waals surface area (Å²) in [4.78, 5) is 23.2. The van der Waals surface area contributed by atoms with Gasteiger partial charge in [-0.3, -0.25) is 4.79 Å². The van der Waals surface area contributed by atoms with E-state index >= 15 is 0 Å². The highest BCUT2D eigenvalue weighted by Crippen LogP contribution is 2.28. The van der Waals surface area contributed by atoms with E-state index in [1.165, 1.54) is 0 Å². The van der Waals surface area contributed by atoms with E-state index in [4.69, 9.17) is 10.2 Å². The number of carboxylic acids is 1. The topological polar surface area (TPSA) is 98.7 Å². The molecule has 0 heterocycles. The summed E-state index contributed by atoms with van der Waals surface area (Å²) < 4.78 is 0. The Balaban J connectivity index is 1.90. The SMILES string of the molecule is O=C(O)CCC(Cc1ccccc1)NC(=O)NC1CCCC1CCO. The van der Waals surface area contributed by atoms with E-state index in [9.17, 15) is 9.59 Å².